The first-order valence-corrected chi connectivity index (χ1v) is 8.78. The maximum Gasteiger partial charge on any atom is 0.251 e. The maximum atomic E-state index is 12.9. The zero-order valence-corrected chi connectivity index (χ0v) is 14.3. The number of rotatable bonds is 6. The smallest absolute Gasteiger partial charge is 0.251 e. The van der Waals surface area contributed by atoms with Gasteiger partial charge in [0.25, 0.3) is 5.91 Å². The van der Waals surface area contributed by atoms with Crippen LogP contribution in [0.3, 0.4) is 0 Å². The van der Waals surface area contributed by atoms with Gasteiger partial charge in [0.05, 0.1) is 0 Å². The van der Waals surface area contributed by atoms with Crippen LogP contribution in [-0.4, -0.2) is 50.1 Å². The van der Waals surface area contributed by atoms with Gasteiger partial charge in [0.15, 0.2) is 0 Å². The van der Waals surface area contributed by atoms with Crippen molar-refractivity contribution in [3.8, 4) is 0 Å². The number of halogens is 1. The minimum Gasteiger partial charge on any atom is -0.369 e. The molecule has 5 heteroatoms. The standard InChI is InChI=1S/C20H24FN3O/c21-18-9-7-17(8-10-18)20(25)22-11-4-12-23-13-15-24(16-14-23)19-5-2-1-3-6-19/h1-3,5-10H,4,11-16H2,(H,22,25). The first-order chi connectivity index (χ1) is 12.2. The average molecular weight is 341 g/mol. The molecule has 0 unspecified atom stereocenters. The molecule has 132 valence electrons. The molecule has 1 aliphatic rings. The second kappa shape index (κ2) is 8.62. The SMILES string of the molecule is O=C(NCCCN1CCN(c2ccccc2)CC1)c1ccc(F)cc1. The van der Waals surface area contributed by atoms with Gasteiger partial charge in [-0.2, -0.15) is 0 Å². The van der Waals surface area contributed by atoms with Gasteiger partial charge < -0.3 is 10.2 Å². The Bertz CT molecular complexity index is 667. The van der Waals surface area contributed by atoms with Crippen molar-refractivity contribution in [3.63, 3.8) is 0 Å². The fourth-order valence-corrected chi connectivity index (χ4v) is 3.08. The molecule has 0 atom stereocenters. The van der Waals surface area contributed by atoms with Gasteiger partial charge in [0.1, 0.15) is 5.82 Å². The number of amides is 1. The van der Waals surface area contributed by atoms with E-state index < -0.39 is 0 Å². The molecule has 1 amide bonds. The van der Waals surface area contributed by atoms with Crippen molar-refractivity contribution in [2.24, 2.45) is 0 Å². The number of benzene rings is 2. The fraction of sp³-hybridized carbons (Fsp3) is 0.350. The zero-order chi connectivity index (χ0) is 17.5. The van der Waals surface area contributed by atoms with Crippen LogP contribution in [-0.2, 0) is 0 Å². The van der Waals surface area contributed by atoms with Crippen LogP contribution in [0.1, 0.15) is 16.8 Å². The average Bonchev–Trinajstić information content (AvgIpc) is 2.67. The highest BCUT2D eigenvalue weighted by Crippen LogP contribution is 2.15. The van der Waals surface area contributed by atoms with Crippen molar-refractivity contribution in [2.45, 2.75) is 6.42 Å². The number of piperazine rings is 1. The molecule has 1 fully saturated rings. The van der Waals surface area contributed by atoms with Crippen LogP contribution in [0.15, 0.2) is 54.6 Å². The molecular formula is C20H24FN3O. The Labute approximate surface area is 148 Å². The van der Waals surface area contributed by atoms with Gasteiger partial charge in [-0.05, 0) is 49.4 Å². The lowest BCUT2D eigenvalue weighted by atomic mass is 10.2. The van der Waals surface area contributed by atoms with Gasteiger partial charge >= 0.3 is 0 Å². The number of nitrogens with zero attached hydrogens (tertiary/aromatic N) is 2. The number of anilines is 1. The number of hydrogen-bond acceptors (Lipinski definition) is 3. The van der Waals surface area contributed by atoms with E-state index in [2.05, 4.69) is 39.4 Å². The molecule has 0 saturated carbocycles. The van der Waals surface area contributed by atoms with Crippen molar-refractivity contribution in [1.82, 2.24) is 10.2 Å². The highest BCUT2D eigenvalue weighted by Gasteiger charge is 2.16. The maximum absolute atomic E-state index is 12.9. The van der Waals surface area contributed by atoms with Crippen LogP contribution in [0, 0.1) is 5.82 Å². The summed E-state index contributed by atoms with van der Waals surface area (Å²) in [5, 5.41) is 2.89. The summed E-state index contributed by atoms with van der Waals surface area (Å²) in [5.41, 5.74) is 1.78. The lowest BCUT2D eigenvalue weighted by Crippen LogP contribution is -2.47. The van der Waals surface area contributed by atoms with Crippen LogP contribution in [0.2, 0.25) is 0 Å². The number of hydrogen-bond donors (Lipinski definition) is 1. The second-order valence-corrected chi connectivity index (χ2v) is 6.28. The summed E-state index contributed by atoms with van der Waals surface area (Å²) in [6.07, 6.45) is 0.915. The van der Waals surface area contributed by atoms with Gasteiger partial charge in [-0.3, -0.25) is 9.69 Å². The normalized spacial score (nSPS) is 15.2. The molecule has 1 heterocycles. The summed E-state index contributed by atoms with van der Waals surface area (Å²) in [5.74, 6) is -0.472. The summed E-state index contributed by atoms with van der Waals surface area (Å²) < 4.78 is 12.9. The monoisotopic (exact) mass is 341 g/mol. The van der Waals surface area contributed by atoms with Crippen LogP contribution in [0.5, 0.6) is 0 Å². The minimum atomic E-state index is -0.328. The van der Waals surface area contributed by atoms with E-state index in [0.29, 0.717) is 12.1 Å². The predicted molar refractivity (Wildman–Crippen MR) is 98.4 cm³/mol. The number of carbonyl (C=O) groups is 1. The summed E-state index contributed by atoms with van der Waals surface area (Å²) in [6, 6.07) is 16.1. The second-order valence-electron chi connectivity index (χ2n) is 6.28. The largest absolute Gasteiger partial charge is 0.369 e. The van der Waals surface area contributed by atoms with Gasteiger partial charge in [-0.1, -0.05) is 18.2 Å². The van der Waals surface area contributed by atoms with Gasteiger partial charge in [0, 0.05) is 44.0 Å². The number of carbonyl (C=O) groups excluding carboxylic acids is 1. The first-order valence-electron chi connectivity index (χ1n) is 8.78. The summed E-state index contributed by atoms with van der Waals surface area (Å²) in [6.45, 7) is 5.76. The summed E-state index contributed by atoms with van der Waals surface area (Å²) >= 11 is 0. The minimum absolute atomic E-state index is 0.145. The van der Waals surface area contributed by atoms with Crippen molar-refractivity contribution in [1.29, 1.82) is 0 Å². The van der Waals surface area contributed by atoms with E-state index in [1.165, 1.54) is 30.0 Å². The molecule has 25 heavy (non-hydrogen) atoms. The molecule has 0 bridgehead atoms. The summed E-state index contributed by atoms with van der Waals surface area (Å²) in [7, 11) is 0. The number of nitrogens with one attached hydrogen (secondary N) is 1. The van der Waals surface area contributed by atoms with Crippen LogP contribution < -0.4 is 10.2 Å². The van der Waals surface area contributed by atoms with E-state index in [1.807, 2.05) is 6.07 Å². The molecule has 0 radical (unpaired) electrons. The molecule has 0 aromatic heterocycles. The molecule has 3 rings (SSSR count). The Morgan fingerprint density at radius 2 is 1.64 bits per heavy atom. The molecule has 4 nitrogen and oxygen atoms in total. The lowest BCUT2D eigenvalue weighted by molar-refractivity contribution is 0.0951. The van der Waals surface area contributed by atoms with E-state index in [9.17, 15) is 9.18 Å². The lowest BCUT2D eigenvalue weighted by Gasteiger charge is -2.36. The molecule has 1 aliphatic heterocycles. The van der Waals surface area contributed by atoms with Crippen LogP contribution in [0.25, 0.3) is 0 Å². The van der Waals surface area contributed by atoms with Crippen molar-refractivity contribution in [3.05, 3.63) is 66.0 Å². The fourth-order valence-electron chi connectivity index (χ4n) is 3.08. The van der Waals surface area contributed by atoms with E-state index in [-0.39, 0.29) is 11.7 Å². The highest BCUT2D eigenvalue weighted by molar-refractivity contribution is 5.94. The third kappa shape index (κ3) is 5.03. The molecule has 0 spiro atoms. The van der Waals surface area contributed by atoms with Gasteiger partial charge in [0.2, 0.25) is 0 Å². The predicted octanol–water partition coefficient (Wildman–Crippen LogP) is 2.77. The Kier molecular flexibility index (Phi) is 6.01. The summed E-state index contributed by atoms with van der Waals surface area (Å²) in [4.78, 5) is 16.8. The third-order valence-corrected chi connectivity index (χ3v) is 4.54. The van der Waals surface area contributed by atoms with Crippen LogP contribution >= 0.6 is 0 Å². The quantitative estimate of drug-likeness (QED) is 0.821. The Balaban J connectivity index is 1.34. The Hall–Kier alpha value is -2.40. The van der Waals surface area contributed by atoms with Gasteiger partial charge in [-0.15, -0.1) is 0 Å². The topological polar surface area (TPSA) is 35.6 Å². The Morgan fingerprint density at radius 1 is 0.960 bits per heavy atom. The molecule has 1 N–H and O–H groups in total. The molecule has 2 aromatic rings. The van der Waals surface area contributed by atoms with E-state index in [0.717, 1.165) is 39.1 Å². The van der Waals surface area contributed by atoms with Crippen molar-refractivity contribution < 1.29 is 9.18 Å². The first kappa shape index (κ1) is 17.4. The van der Waals surface area contributed by atoms with E-state index >= 15 is 0 Å². The van der Waals surface area contributed by atoms with Crippen molar-refractivity contribution in [2.75, 3.05) is 44.2 Å². The molecule has 2 aromatic carbocycles. The highest BCUT2D eigenvalue weighted by atomic mass is 19.1. The Morgan fingerprint density at radius 3 is 2.32 bits per heavy atom. The molecule has 1 saturated heterocycles. The van der Waals surface area contributed by atoms with E-state index in [1.54, 1.807) is 0 Å². The van der Waals surface area contributed by atoms with Gasteiger partial charge in [-0.25, -0.2) is 4.39 Å². The van der Waals surface area contributed by atoms with E-state index in [4.69, 9.17) is 0 Å². The molecule has 0 aliphatic carbocycles. The number of para-hydroxylation sites is 1. The molecular weight excluding hydrogens is 317 g/mol. The third-order valence-electron chi connectivity index (χ3n) is 4.54. The van der Waals surface area contributed by atoms with Crippen LogP contribution in [0.4, 0.5) is 10.1 Å². The zero-order valence-electron chi connectivity index (χ0n) is 14.3. The van der Waals surface area contributed by atoms with Crippen molar-refractivity contribution >= 4 is 11.6 Å².